The highest BCUT2D eigenvalue weighted by Crippen LogP contribution is 2.56. The van der Waals surface area contributed by atoms with Crippen LogP contribution in [0.3, 0.4) is 0 Å². The minimum absolute atomic E-state index is 0.0356. The van der Waals surface area contributed by atoms with E-state index in [2.05, 4.69) is 0 Å². The zero-order chi connectivity index (χ0) is 13.8. The van der Waals surface area contributed by atoms with Crippen molar-refractivity contribution in [3.8, 4) is 0 Å². The van der Waals surface area contributed by atoms with Crippen molar-refractivity contribution in [2.45, 2.75) is 30.9 Å². The summed E-state index contributed by atoms with van der Waals surface area (Å²) in [6.07, 6.45) is 5.65. The molecule has 4 nitrogen and oxygen atoms in total. The van der Waals surface area contributed by atoms with Crippen LogP contribution in [0.4, 0.5) is 0 Å². The normalized spacial score (nSPS) is 46.7. The Morgan fingerprint density at radius 2 is 2.32 bits per heavy atom. The average Bonchev–Trinajstić information content (AvgIpc) is 2.66. The van der Waals surface area contributed by atoms with Crippen LogP contribution in [0.15, 0.2) is 24.3 Å². The molecule has 1 aliphatic heterocycles. The Kier molecular flexibility index (Phi) is 2.75. The first-order valence-electron chi connectivity index (χ1n) is 6.41. The van der Waals surface area contributed by atoms with E-state index in [4.69, 9.17) is 21.1 Å². The lowest BCUT2D eigenvalue weighted by Crippen LogP contribution is -2.60. The van der Waals surface area contributed by atoms with Crippen LogP contribution in [0, 0.1) is 17.8 Å². The summed E-state index contributed by atoms with van der Waals surface area (Å²) in [6.45, 7) is 3.65. The van der Waals surface area contributed by atoms with Crippen molar-refractivity contribution in [2.75, 3.05) is 0 Å². The second-order valence-corrected chi connectivity index (χ2v) is 5.99. The number of ether oxygens (including phenoxy) is 2. The molecule has 0 radical (unpaired) electrons. The Morgan fingerprint density at radius 1 is 1.58 bits per heavy atom. The number of alkyl halides is 1. The maximum absolute atomic E-state index is 11.9. The first-order valence-corrected chi connectivity index (χ1v) is 6.79. The van der Waals surface area contributed by atoms with Crippen molar-refractivity contribution in [1.29, 1.82) is 0 Å². The molecular weight excluding hydrogens is 268 g/mol. The van der Waals surface area contributed by atoms with Gasteiger partial charge in [0.05, 0.1) is 5.92 Å². The van der Waals surface area contributed by atoms with E-state index in [1.807, 2.05) is 19.1 Å². The molecule has 19 heavy (non-hydrogen) atoms. The number of rotatable bonds is 2. The van der Waals surface area contributed by atoms with E-state index in [1.165, 1.54) is 6.08 Å². The van der Waals surface area contributed by atoms with Gasteiger partial charge in [0, 0.05) is 12.0 Å². The maximum atomic E-state index is 11.9. The van der Waals surface area contributed by atoms with Crippen LogP contribution in [0.1, 0.15) is 13.8 Å². The standard InChI is InChI=1S/C14H15ClO4/c1-3-4-9(16)18-12-11-8-5-6-14(12,15)7(2)10(8)13(17)19-11/h3-8,10-12H,1-2H3. The molecule has 0 aromatic carbocycles. The van der Waals surface area contributed by atoms with Crippen molar-refractivity contribution >= 4 is 23.5 Å². The molecule has 4 aliphatic rings. The molecule has 1 saturated heterocycles. The van der Waals surface area contributed by atoms with Gasteiger partial charge in [-0.25, -0.2) is 4.79 Å². The fraction of sp³-hybridized carbons (Fsp3) is 0.571. The number of hydrogen-bond donors (Lipinski definition) is 0. The number of esters is 2. The quantitative estimate of drug-likeness (QED) is 0.336. The van der Waals surface area contributed by atoms with Crippen molar-refractivity contribution in [1.82, 2.24) is 0 Å². The first-order chi connectivity index (χ1) is 8.99. The molecule has 2 fully saturated rings. The van der Waals surface area contributed by atoms with Crippen molar-refractivity contribution in [3.05, 3.63) is 24.3 Å². The molecule has 0 aromatic heterocycles. The van der Waals surface area contributed by atoms with Gasteiger partial charge in [0.2, 0.25) is 0 Å². The topological polar surface area (TPSA) is 52.6 Å². The Hall–Kier alpha value is -1.29. The lowest BCUT2D eigenvalue weighted by atomic mass is 9.61. The highest BCUT2D eigenvalue weighted by Gasteiger charge is 2.67. The zero-order valence-corrected chi connectivity index (χ0v) is 11.5. The molecule has 0 amide bonds. The summed E-state index contributed by atoms with van der Waals surface area (Å²) >= 11 is 6.63. The van der Waals surface area contributed by atoms with E-state index in [1.54, 1.807) is 13.0 Å². The lowest BCUT2D eigenvalue weighted by molar-refractivity contribution is -0.160. The summed E-state index contributed by atoms with van der Waals surface area (Å²) in [5.74, 6) is -1.06. The highest BCUT2D eigenvalue weighted by molar-refractivity contribution is 6.26. The monoisotopic (exact) mass is 282 g/mol. The average molecular weight is 283 g/mol. The molecular formula is C14H15ClO4. The third-order valence-corrected chi connectivity index (χ3v) is 5.09. The molecule has 102 valence electrons. The van der Waals surface area contributed by atoms with Gasteiger partial charge in [-0.15, -0.1) is 11.6 Å². The molecule has 1 saturated carbocycles. The summed E-state index contributed by atoms with van der Waals surface area (Å²) in [7, 11) is 0. The van der Waals surface area contributed by atoms with Gasteiger partial charge in [0.1, 0.15) is 11.0 Å². The predicted octanol–water partition coefficient (Wildman–Crippen LogP) is 1.83. The van der Waals surface area contributed by atoms with E-state index in [9.17, 15) is 9.59 Å². The summed E-state index contributed by atoms with van der Waals surface area (Å²) in [5, 5.41) is 0. The summed E-state index contributed by atoms with van der Waals surface area (Å²) in [5.41, 5.74) is 0. The zero-order valence-electron chi connectivity index (χ0n) is 10.7. The van der Waals surface area contributed by atoms with Gasteiger partial charge in [-0.1, -0.05) is 25.2 Å². The molecule has 0 N–H and O–H groups in total. The van der Waals surface area contributed by atoms with E-state index in [0.717, 1.165) is 0 Å². The largest absolute Gasteiger partial charge is 0.457 e. The molecule has 6 atom stereocenters. The fourth-order valence-corrected chi connectivity index (χ4v) is 3.81. The number of hydrogen-bond acceptors (Lipinski definition) is 4. The first kappa shape index (κ1) is 12.7. The second-order valence-electron chi connectivity index (χ2n) is 5.34. The van der Waals surface area contributed by atoms with Gasteiger partial charge in [-0.2, -0.15) is 0 Å². The molecule has 0 aromatic rings. The maximum Gasteiger partial charge on any atom is 0.330 e. The van der Waals surface area contributed by atoms with E-state index < -0.39 is 23.1 Å². The molecule has 3 aliphatic carbocycles. The van der Waals surface area contributed by atoms with Crippen LogP contribution >= 0.6 is 11.6 Å². The number of halogens is 1. The van der Waals surface area contributed by atoms with E-state index in [-0.39, 0.29) is 23.7 Å². The van der Waals surface area contributed by atoms with E-state index in [0.29, 0.717) is 0 Å². The van der Waals surface area contributed by atoms with Crippen molar-refractivity contribution < 1.29 is 19.1 Å². The molecule has 4 rings (SSSR count). The molecule has 5 heteroatoms. The minimum atomic E-state index is -0.854. The van der Waals surface area contributed by atoms with Crippen molar-refractivity contribution in [3.63, 3.8) is 0 Å². The fourth-order valence-electron chi connectivity index (χ4n) is 3.43. The Morgan fingerprint density at radius 3 is 3.00 bits per heavy atom. The van der Waals surface area contributed by atoms with Crippen LogP contribution in [-0.2, 0) is 19.1 Å². The van der Waals surface area contributed by atoms with Crippen LogP contribution < -0.4 is 0 Å². The van der Waals surface area contributed by atoms with Crippen LogP contribution in [-0.4, -0.2) is 29.0 Å². The van der Waals surface area contributed by atoms with Gasteiger partial charge >= 0.3 is 11.9 Å². The van der Waals surface area contributed by atoms with Gasteiger partial charge in [0.15, 0.2) is 6.10 Å². The smallest absolute Gasteiger partial charge is 0.330 e. The van der Waals surface area contributed by atoms with Gasteiger partial charge in [0.25, 0.3) is 0 Å². The minimum Gasteiger partial charge on any atom is -0.457 e. The third kappa shape index (κ3) is 1.59. The number of carbonyl (C=O) groups excluding carboxylic acids is 2. The van der Waals surface area contributed by atoms with E-state index >= 15 is 0 Å². The van der Waals surface area contributed by atoms with Crippen LogP contribution in [0.2, 0.25) is 0 Å². The van der Waals surface area contributed by atoms with Gasteiger partial charge in [-0.3, -0.25) is 4.79 Å². The Bertz CT molecular complexity index is 498. The van der Waals surface area contributed by atoms with Gasteiger partial charge in [-0.05, 0) is 12.8 Å². The summed E-state index contributed by atoms with van der Waals surface area (Å²) < 4.78 is 10.8. The number of allylic oxidation sites excluding steroid dienone is 1. The SMILES string of the molecule is CC=CC(=O)OC1C2OC(=O)C3C2C=CC1(Cl)C3C. The van der Waals surface area contributed by atoms with Crippen LogP contribution in [0.25, 0.3) is 0 Å². The summed E-state index contributed by atoms with van der Waals surface area (Å²) in [6, 6.07) is 0. The third-order valence-electron chi connectivity index (χ3n) is 4.41. The Balaban J connectivity index is 1.96. The molecule has 4 bridgehead atoms. The highest BCUT2D eigenvalue weighted by atomic mass is 35.5. The Labute approximate surface area is 116 Å². The molecule has 0 spiro atoms. The van der Waals surface area contributed by atoms with Gasteiger partial charge < -0.3 is 9.47 Å². The summed E-state index contributed by atoms with van der Waals surface area (Å²) in [4.78, 5) is 22.7. The number of carbonyl (C=O) groups is 2. The van der Waals surface area contributed by atoms with Crippen LogP contribution in [0.5, 0.6) is 0 Å². The second kappa shape index (κ2) is 4.10. The van der Waals surface area contributed by atoms with Crippen molar-refractivity contribution in [2.24, 2.45) is 17.8 Å². The lowest BCUT2D eigenvalue weighted by Gasteiger charge is -2.49. The predicted molar refractivity (Wildman–Crippen MR) is 68.4 cm³/mol. The molecule has 1 heterocycles. The molecule has 6 unspecified atom stereocenters.